The van der Waals surface area contributed by atoms with E-state index < -0.39 is 17.9 Å². The van der Waals surface area contributed by atoms with Gasteiger partial charge in [0.15, 0.2) is 0 Å². The summed E-state index contributed by atoms with van der Waals surface area (Å²) in [6.07, 6.45) is 0.633. The fourth-order valence-electron chi connectivity index (χ4n) is 1.56. The summed E-state index contributed by atoms with van der Waals surface area (Å²) < 4.78 is 5.05. The summed E-state index contributed by atoms with van der Waals surface area (Å²) in [6, 6.07) is 3.28. The molecule has 0 aliphatic rings. The van der Waals surface area contributed by atoms with Crippen molar-refractivity contribution in [3.8, 4) is 0 Å². The van der Waals surface area contributed by atoms with Crippen LogP contribution in [0, 0.1) is 5.41 Å². The molecule has 1 aromatic carbocycles. The van der Waals surface area contributed by atoms with Gasteiger partial charge in [0.05, 0.1) is 23.3 Å². The zero-order chi connectivity index (χ0) is 16.2. The van der Waals surface area contributed by atoms with Gasteiger partial charge in [-0.15, -0.1) is 0 Å². The number of carbonyl (C=O) groups is 3. The van der Waals surface area contributed by atoms with E-state index >= 15 is 0 Å². The van der Waals surface area contributed by atoms with Crippen LogP contribution in [0.5, 0.6) is 0 Å². The molecule has 0 atom stereocenters. The molecule has 0 saturated heterocycles. The van der Waals surface area contributed by atoms with Gasteiger partial charge in [-0.05, 0) is 30.0 Å². The molecule has 21 heavy (non-hydrogen) atoms. The van der Waals surface area contributed by atoms with Crippen LogP contribution in [0.4, 0.5) is 0 Å². The molecular formula is C15H18O6. The van der Waals surface area contributed by atoms with Gasteiger partial charge in [-0.1, -0.05) is 20.8 Å². The molecule has 6 nitrogen and oxygen atoms in total. The monoisotopic (exact) mass is 294 g/mol. The number of ether oxygens (including phenoxy) is 1. The molecule has 0 fully saturated rings. The molecule has 1 aromatic rings. The lowest BCUT2D eigenvalue weighted by atomic mass is 9.93. The third-order valence-corrected chi connectivity index (χ3v) is 2.80. The Morgan fingerprint density at radius 3 is 2.14 bits per heavy atom. The summed E-state index contributed by atoms with van der Waals surface area (Å²) in [7, 11) is 0. The summed E-state index contributed by atoms with van der Waals surface area (Å²) in [6.45, 7) is 6.14. The van der Waals surface area contributed by atoms with E-state index in [1.54, 1.807) is 0 Å². The van der Waals surface area contributed by atoms with E-state index in [-0.39, 0.29) is 28.7 Å². The maximum absolute atomic E-state index is 11.9. The Morgan fingerprint density at radius 2 is 1.67 bits per heavy atom. The van der Waals surface area contributed by atoms with Crippen molar-refractivity contribution in [2.45, 2.75) is 27.2 Å². The molecule has 2 N–H and O–H groups in total. The molecule has 0 aliphatic heterocycles. The highest BCUT2D eigenvalue weighted by molar-refractivity contribution is 6.04. The van der Waals surface area contributed by atoms with E-state index in [9.17, 15) is 14.4 Å². The third-order valence-electron chi connectivity index (χ3n) is 2.80. The van der Waals surface area contributed by atoms with Crippen molar-refractivity contribution in [1.82, 2.24) is 0 Å². The van der Waals surface area contributed by atoms with Crippen molar-refractivity contribution in [2.75, 3.05) is 6.61 Å². The number of carboxylic acid groups (broad SMARTS) is 2. The van der Waals surface area contributed by atoms with Gasteiger partial charge in [0.2, 0.25) is 0 Å². The van der Waals surface area contributed by atoms with Crippen molar-refractivity contribution in [1.29, 1.82) is 0 Å². The summed E-state index contributed by atoms with van der Waals surface area (Å²) in [4.78, 5) is 33.9. The summed E-state index contributed by atoms with van der Waals surface area (Å²) in [5.41, 5.74) is -0.737. The number of aromatic carboxylic acids is 2. The fraction of sp³-hybridized carbons (Fsp3) is 0.400. The molecule has 0 spiro atoms. The van der Waals surface area contributed by atoms with Crippen LogP contribution in [0.1, 0.15) is 58.3 Å². The van der Waals surface area contributed by atoms with Crippen molar-refractivity contribution < 1.29 is 29.3 Å². The average Bonchev–Trinajstić information content (AvgIpc) is 2.36. The number of rotatable bonds is 5. The van der Waals surface area contributed by atoms with Gasteiger partial charge in [0, 0.05) is 0 Å². The molecule has 0 heterocycles. The normalized spacial score (nSPS) is 11.0. The second-order valence-electron chi connectivity index (χ2n) is 5.82. The van der Waals surface area contributed by atoms with Crippen molar-refractivity contribution in [2.24, 2.45) is 5.41 Å². The van der Waals surface area contributed by atoms with Gasteiger partial charge < -0.3 is 14.9 Å². The fourth-order valence-corrected chi connectivity index (χ4v) is 1.56. The van der Waals surface area contributed by atoms with E-state index in [0.717, 1.165) is 12.1 Å². The van der Waals surface area contributed by atoms with Gasteiger partial charge in [-0.3, -0.25) is 0 Å². The van der Waals surface area contributed by atoms with Crippen LogP contribution in [-0.2, 0) is 4.74 Å². The first-order valence-electron chi connectivity index (χ1n) is 6.39. The van der Waals surface area contributed by atoms with Gasteiger partial charge in [0.25, 0.3) is 0 Å². The molecule has 114 valence electrons. The SMILES string of the molecule is CC(C)(C)CCOC(=O)c1ccc(C(=O)O)cc1C(=O)O. The summed E-state index contributed by atoms with van der Waals surface area (Å²) in [5, 5.41) is 17.9. The van der Waals surface area contributed by atoms with Crippen molar-refractivity contribution in [3.63, 3.8) is 0 Å². The van der Waals surface area contributed by atoms with E-state index in [1.807, 2.05) is 20.8 Å². The Labute approximate surface area is 122 Å². The molecule has 0 aromatic heterocycles. The van der Waals surface area contributed by atoms with Crippen LogP contribution >= 0.6 is 0 Å². The van der Waals surface area contributed by atoms with Gasteiger partial charge >= 0.3 is 17.9 Å². The zero-order valence-corrected chi connectivity index (χ0v) is 12.2. The summed E-state index contributed by atoms with van der Waals surface area (Å²) >= 11 is 0. The number of carboxylic acids is 2. The van der Waals surface area contributed by atoms with Crippen LogP contribution in [0.3, 0.4) is 0 Å². The second kappa shape index (κ2) is 6.39. The minimum Gasteiger partial charge on any atom is -0.478 e. The minimum atomic E-state index is -1.37. The smallest absolute Gasteiger partial charge is 0.339 e. The molecule has 0 bridgehead atoms. The lowest BCUT2D eigenvalue weighted by molar-refractivity contribution is 0.0455. The maximum Gasteiger partial charge on any atom is 0.339 e. The van der Waals surface area contributed by atoms with Crippen LogP contribution in [0.15, 0.2) is 18.2 Å². The number of hydrogen-bond donors (Lipinski definition) is 2. The standard InChI is InChI=1S/C15H18O6/c1-15(2,3)6-7-21-14(20)10-5-4-9(12(16)17)8-11(10)13(18)19/h4-5,8H,6-7H2,1-3H3,(H,16,17)(H,18,19). The predicted octanol–water partition coefficient (Wildman–Crippen LogP) is 2.68. The van der Waals surface area contributed by atoms with Crippen LogP contribution in [0.25, 0.3) is 0 Å². The molecule has 0 aliphatic carbocycles. The highest BCUT2D eigenvalue weighted by Gasteiger charge is 2.20. The van der Waals surface area contributed by atoms with Crippen LogP contribution in [0.2, 0.25) is 0 Å². The first-order chi connectivity index (χ1) is 9.61. The molecule has 0 saturated carbocycles. The molecular weight excluding hydrogens is 276 g/mol. The molecule has 0 amide bonds. The van der Waals surface area contributed by atoms with Crippen molar-refractivity contribution >= 4 is 17.9 Å². The van der Waals surface area contributed by atoms with Crippen LogP contribution in [-0.4, -0.2) is 34.7 Å². The number of benzene rings is 1. The Morgan fingerprint density at radius 1 is 1.05 bits per heavy atom. The molecule has 0 unspecified atom stereocenters. The number of hydrogen-bond acceptors (Lipinski definition) is 4. The topological polar surface area (TPSA) is 101 Å². The Bertz CT molecular complexity index is 568. The largest absolute Gasteiger partial charge is 0.478 e. The van der Waals surface area contributed by atoms with Gasteiger partial charge in [-0.2, -0.15) is 0 Å². The van der Waals surface area contributed by atoms with E-state index in [4.69, 9.17) is 14.9 Å². The highest BCUT2D eigenvalue weighted by atomic mass is 16.5. The lowest BCUT2D eigenvalue weighted by Crippen LogP contribution is -2.16. The van der Waals surface area contributed by atoms with Gasteiger partial charge in [0.1, 0.15) is 0 Å². The number of carbonyl (C=O) groups excluding carboxylic acids is 1. The lowest BCUT2D eigenvalue weighted by Gasteiger charge is -2.17. The quantitative estimate of drug-likeness (QED) is 0.810. The van der Waals surface area contributed by atoms with E-state index in [2.05, 4.69) is 0 Å². The first-order valence-corrected chi connectivity index (χ1v) is 6.39. The molecule has 0 radical (unpaired) electrons. The minimum absolute atomic E-state index is 0.0108. The molecule has 6 heteroatoms. The first kappa shape index (κ1) is 16.7. The Kier molecular flexibility index (Phi) is 5.07. The predicted molar refractivity (Wildman–Crippen MR) is 74.7 cm³/mol. The highest BCUT2D eigenvalue weighted by Crippen LogP contribution is 2.19. The molecule has 1 rings (SSSR count). The van der Waals surface area contributed by atoms with E-state index in [0.29, 0.717) is 6.42 Å². The maximum atomic E-state index is 11.9. The third kappa shape index (κ3) is 4.91. The second-order valence-corrected chi connectivity index (χ2v) is 5.82. The Balaban J connectivity index is 2.93. The van der Waals surface area contributed by atoms with Crippen molar-refractivity contribution in [3.05, 3.63) is 34.9 Å². The zero-order valence-electron chi connectivity index (χ0n) is 12.2. The van der Waals surface area contributed by atoms with E-state index in [1.165, 1.54) is 6.07 Å². The summed E-state index contributed by atoms with van der Waals surface area (Å²) in [5.74, 6) is -3.40. The number of esters is 1. The average molecular weight is 294 g/mol. The van der Waals surface area contributed by atoms with Gasteiger partial charge in [-0.25, -0.2) is 14.4 Å². The Hall–Kier alpha value is -2.37. The van der Waals surface area contributed by atoms with Crippen LogP contribution < -0.4 is 0 Å².